The molecule has 1 aliphatic heterocycles. The Balaban J connectivity index is 2.29. The van der Waals surface area contributed by atoms with Crippen LogP contribution in [-0.2, 0) is 9.53 Å². The van der Waals surface area contributed by atoms with Crippen LogP contribution in [0.4, 0.5) is 0 Å². The van der Waals surface area contributed by atoms with Crippen LogP contribution in [0.3, 0.4) is 0 Å². The minimum Gasteiger partial charge on any atom is -0.481 e. The quantitative estimate of drug-likeness (QED) is 0.293. The number of aliphatic hydroxyl groups is 3. The summed E-state index contributed by atoms with van der Waals surface area (Å²) in [5.74, 6) is -0.801. The fourth-order valence-corrected chi connectivity index (χ4v) is 2.97. The number of carbonyl (C=O) groups is 1. The van der Waals surface area contributed by atoms with Gasteiger partial charge in [0.25, 0.3) is 0 Å². The lowest BCUT2D eigenvalue weighted by Gasteiger charge is -2.18. The number of hydrogen-bond acceptors (Lipinski definition) is 5. The van der Waals surface area contributed by atoms with Crippen LogP contribution in [0.2, 0.25) is 0 Å². The maximum absolute atomic E-state index is 10.4. The minimum absolute atomic E-state index is 0.148. The maximum Gasteiger partial charge on any atom is 0.303 e. The summed E-state index contributed by atoms with van der Waals surface area (Å²) in [5.41, 5.74) is 0. The number of carboxylic acid groups (broad SMARTS) is 1. The van der Waals surface area contributed by atoms with Crippen molar-refractivity contribution in [2.45, 2.75) is 95.2 Å². The van der Waals surface area contributed by atoms with Crippen LogP contribution in [0.15, 0.2) is 24.3 Å². The maximum atomic E-state index is 10.4. The topological polar surface area (TPSA) is 107 Å². The van der Waals surface area contributed by atoms with Gasteiger partial charge in [-0.15, -0.1) is 0 Å². The van der Waals surface area contributed by atoms with Crippen molar-refractivity contribution in [1.82, 2.24) is 0 Å². The average molecular weight is 370 g/mol. The number of unbranched alkanes of at least 4 members (excludes halogenated alkanes) is 3. The van der Waals surface area contributed by atoms with Crippen LogP contribution in [0.5, 0.6) is 0 Å². The summed E-state index contributed by atoms with van der Waals surface area (Å²) in [4.78, 5) is 10.4. The SMILES string of the molecule is CCCCC[C@H](O)[C@@H]1C[C@@H](O)[C@H](/C=C/[C@H](O)C/C=C\CCCC(=O)O)O1. The number of hydrogen-bond donors (Lipinski definition) is 4. The Kier molecular flexibility index (Phi) is 11.4. The summed E-state index contributed by atoms with van der Waals surface area (Å²) < 4.78 is 5.73. The Labute approximate surface area is 156 Å². The monoisotopic (exact) mass is 370 g/mol. The summed E-state index contributed by atoms with van der Waals surface area (Å²) in [6, 6.07) is 0. The highest BCUT2D eigenvalue weighted by molar-refractivity contribution is 5.66. The average Bonchev–Trinajstić information content (AvgIpc) is 2.97. The van der Waals surface area contributed by atoms with Gasteiger partial charge in [0.2, 0.25) is 0 Å². The third-order valence-electron chi connectivity index (χ3n) is 4.55. The molecule has 0 unspecified atom stereocenters. The first-order valence-corrected chi connectivity index (χ1v) is 9.68. The van der Waals surface area contributed by atoms with Gasteiger partial charge in [-0.3, -0.25) is 4.79 Å². The smallest absolute Gasteiger partial charge is 0.303 e. The van der Waals surface area contributed by atoms with Crippen LogP contribution in [0, 0.1) is 0 Å². The van der Waals surface area contributed by atoms with Crippen molar-refractivity contribution < 1.29 is 30.0 Å². The zero-order valence-corrected chi connectivity index (χ0v) is 15.7. The molecule has 0 radical (unpaired) electrons. The molecule has 1 rings (SSSR count). The molecule has 26 heavy (non-hydrogen) atoms. The van der Waals surface area contributed by atoms with Crippen molar-refractivity contribution in [2.75, 3.05) is 0 Å². The molecule has 6 heteroatoms. The molecule has 0 bridgehead atoms. The van der Waals surface area contributed by atoms with Gasteiger partial charge in [0.15, 0.2) is 0 Å². The second-order valence-corrected chi connectivity index (χ2v) is 6.95. The first-order chi connectivity index (χ1) is 12.4. The Hall–Kier alpha value is -1.21. The van der Waals surface area contributed by atoms with Crippen LogP contribution in [0.25, 0.3) is 0 Å². The molecule has 0 spiro atoms. The van der Waals surface area contributed by atoms with E-state index in [0.29, 0.717) is 32.1 Å². The van der Waals surface area contributed by atoms with E-state index < -0.39 is 30.4 Å². The van der Waals surface area contributed by atoms with E-state index in [-0.39, 0.29) is 12.5 Å². The molecule has 0 aliphatic carbocycles. The highest BCUT2D eigenvalue weighted by atomic mass is 16.5. The first-order valence-electron chi connectivity index (χ1n) is 9.68. The van der Waals surface area contributed by atoms with E-state index in [0.717, 1.165) is 19.3 Å². The Morgan fingerprint density at radius 1 is 1.23 bits per heavy atom. The van der Waals surface area contributed by atoms with Gasteiger partial charge in [-0.25, -0.2) is 0 Å². The van der Waals surface area contributed by atoms with E-state index in [2.05, 4.69) is 6.92 Å². The van der Waals surface area contributed by atoms with Crippen molar-refractivity contribution in [3.05, 3.63) is 24.3 Å². The fraction of sp³-hybridized carbons (Fsp3) is 0.750. The van der Waals surface area contributed by atoms with Crippen LogP contribution in [0.1, 0.15) is 64.7 Å². The second kappa shape index (κ2) is 13.0. The lowest BCUT2D eigenvalue weighted by molar-refractivity contribution is -0.137. The number of rotatable bonds is 13. The predicted octanol–water partition coefficient (Wildman–Crippen LogP) is 2.56. The zero-order chi connectivity index (χ0) is 19.4. The Bertz CT molecular complexity index is 448. The van der Waals surface area contributed by atoms with Crippen molar-refractivity contribution >= 4 is 5.97 Å². The van der Waals surface area contributed by atoms with Gasteiger partial charge in [-0.1, -0.05) is 50.5 Å². The lowest BCUT2D eigenvalue weighted by Crippen LogP contribution is -2.26. The van der Waals surface area contributed by atoms with Crippen molar-refractivity contribution in [1.29, 1.82) is 0 Å². The van der Waals surface area contributed by atoms with E-state index in [1.54, 1.807) is 12.2 Å². The molecule has 1 saturated heterocycles. The van der Waals surface area contributed by atoms with Gasteiger partial charge in [0, 0.05) is 12.8 Å². The Morgan fingerprint density at radius 3 is 2.69 bits per heavy atom. The summed E-state index contributed by atoms with van der Waals surface area (Å²) in [6.07, 6.45) is 10.2. The summed E-state index contributed by atoms with van der Waals surface area (Å²) >= 11 is 0. The molecule has 5 atom stereocenters. The molecule has 0 aromatic carbocycles. The summed E-state index contributed by atoms with van der Waals surface area (Å²) in [5, 5.41) is 38.7. The van der Waals surface area contributed by atoms with E-state index in [1.807, 2.05) is 12.2 Å². The Morgan fingerprint density at radius 2 is 2.00 bits per heavy atom. The van der Waals surface area contributed by atoms with Crippen molar-refractivity contribution in [2.24, 2.45) is 0 Å². The second-order valence-electron chi connectivity index (χ2n) is 6.95. The van der Waals surface area contributed by atoms with Gasteiger partial charge >= 0.3 is 5.97 Å². The highest BCUT2D eigenvalue weighted by Crippen LogP contribution is 2.26. The number of carboxylic acids is 1. The number of allylic oxidation sites excluding steroid dienone is 1. The molecule has 0 amide bonds. The molecule has 1 heterocycles. The largest absolute Gasteiger partial charge is 0.481 e. The molecule has 1 aliphatic rings. The van der Waals surface area contributed by atoms with Gasteiger partial charge in [0.1, 0.15) is 6.10 Å². The molecule has 1 fully saturated rings. The van der Waals surface area contributed by atoms with Gasteiger partial charge in [-0.2, -0.15) is 0 Å². The number of aliphatic hydroxyl groups excluding tert-OH is 3. The van der Waals surface area contributed by atoms with Gasteiger partial charge < -0.3 is 25.2 Å². The highest BCUT2D eigenvalue weighted by Gasteiger charge is 2.36. The molecule has 150 valence electrons. The molecule has 0 aromatic rings. The zero-order valence-electron chi connectivity index (χ0n) is 15.7. The van der Waals surface area contributed by atoms with E-state index in [9.17, 15) is 20.1 Å². The van der Waals surface area contributed by atoms with Gasteiger partial charge in [-0.05, 0) is 25.7 Å². The predicted molar refractivity (Wildman–Crippen MR) is 99.8 cm³/mol. The van der Waals surface area contributed by atoms with E-state index in [1.165, 1.54) is 0 Å². The molecular formula is C20H34O6. The van der Waals surface area contributed by atoms with Crippen molar-refractivity contribution in [3.8, 4) is 0 Å². The standard InChI is InChI=1S/C20H34O6/c1-2-3-6-10-16(22)19-14-17(23)18(26-19)13-12-15(21)9-7-4-5-8-11-20(24)25/h4,7,12-13,15-19,21-23H,2-3,5-6,8-11,14H2,1H3,(H,24,25)/b7-4-,13-12+/t15-,16+,17-,18+,19+/m1/s1. The molecule has 0 aromatic heterocycles. The van der Waals surface area contributed by atoms with Crippen LogP contribution in [-0.4, -0.2) is 56.9 Å². The lowest BCUT2D eigenvalue weighted by atomic mass is 10.0. The van der Waals surface area contributed by atoms with Crippen LogP contribution < -0.4 is 0 Å². The first kappa shape index (κ1) is 22.8. The van der Waals surface area contributed by atoms with Crippen LogP contribution >= 0.6 is 0 Å². The number of ether oxygens (including phenoxy) is 1. The fourth-order valence-electron chi connectivity index (χ4n) is 2.97. The van der Waals surface area contributed by atoms with Gasteiger partial charge in [0.05, 0.1) is 24.4 Å². The van der Waals surface area contributed by atoms with E-state index >= 15 is 0 Å². The third kappa shape index (κ3) is 9.48. The molecule has 6 nitrogen and oxygen atoms in total. The van der Waals surface area contributed by atoms with Crippen molar-refractivity contribution in [3.63, 3.8) is 0 Å². The minimum atomic E-state index is -0.801. The summed E-state index contributed by atoms with van der Waals surface area (Å²) in [6.45, 7) is 2.11. The molecular weight excluding hydrogens is 336 g/mol. The molecule has 0 saturated carbocycles. The normalized spacial score (nSPS) is 25.9. The molecule has 4 N–H and O–H groups in total. The summed E-state index contributed by atoms with van der Waals surface area (Å²) in [7, 11) is 0. The van der Waals surface area contributed by atoms with E-state index in [4.69, 9.17) is 9.84 Å². The number of aliphatic carboxylic acids is 1. The third-order valence-corrected chi connectivity index (χ3v) is 4.55.